The summed E-state index contributed by atoms with van der Waals surface area (Å²) in [7, 11) is 0. The number of hydrogen-bond acceptors (Lipinski definition) is 1. The second kappa shape index (κ2) is 9.37. The minimum absolute atomic E-state index is 0.0967. The van der Waals surface area contributed by atoms with E-state index in [1.54, 1.807) is 26.0 Å². The van der Waals surface area contributed by atoms with Crippen molar-refractivity contribution in [3.05, 3.63) is 47.6 Å². The summed E-state index contributed by atoms with van der Waals surface area (Å²) in [5.74, 6) is -2.94. The molecule has 1 nitrogen and oxygen atoms in total. The predicted molar refractivity (Wildman–Crippen MR) is 85.0 cm³/mol. The number of aliphatic imine (C=N–C) groups is 1. The summed E-state index contributed by atoms with van der Waals surface area (Å²) >= 11 is 0. The number of rotatable bonds is 8. The van der Waals surface area contributed by atoms with Crippen LogP contribution in [-0.4, -0.2) is 24.9 Å². The smallest absolute Gasteiger partial charge is 0.270 e. The molecule has 0 aromatic heterocycles. The van der Waals surface area contributed by atoms with Crippen LogP contribution in [0.5, 0.6) is 0 Å². The Bertz CT molecular complexity index is 463. The molecule has 0 rings (SSSR count). The summed E-state index contributed by atoms with van der Waals surface area (Å²) in [6.45, 7) is 9.68. The van der Waals surface area contributed by atoms with Crippen molar-refractivity contribution >= 4 is 5.71 Å². The standard InChI is InChI=1S/C17H24F3N/c1-6-21-16(11-14(4)12-18)10-9-15(17(5,19)20)8-7-13(2)3/h7-9,11H,2,6,10,12H2,1,3-5H3/b8-7-,14-11+,15-9+,21-16?. The van der Waals surface area contributed by atoms with Crippen molar-refractivity contribution in [1.82, 2.24) is 0 Å². The molecule has 0 saturated heterocycles. The molecule has 0 N–H and O–H groups in total. The third-order valence-corrected chi connectivity index (χ3v) is 2.57. The summed E-state index contributed by atoms with van der Waals surface area (Å²) in [4.78, 5) is 4.20. The highest BCUT2D eigenvalue weighted by molar-refractivity contribution is 5.96. The predicted octanol–water partition coefficient (Wildman–Crippen LogP) is 5.47. The van der Waals surface area contributed by atoms with Gasteiger partial charge >= 0.3 is 0 Å². The van der Waals surface area contributed by atoms with Gasteiger partial charge in [-0.15, -0.1) is 0 Å². The molecule has 0 atom stereocenters. The fourth-order valence-electron chi connectivity index (χ4n) is 1.54. The van der Waals surface area contributed by atoms with E-state index < -0.39 is 12.6 Å². The quantitative estimate of drug-likeness (QED) is 0.416. The zero-order chi connectivity index (χ0) is 16.5. The Hall–Kier alpha value is -1.58. The summed E-state index contributed by atoms with van der Waals surface area (Å²) in [5.41, 5.74) is 1.72. The van der Waals surface area contributed by atoms with Gasteiger partial charge in [-0.3, -0.25) is 4.99 Å². The van der Waals surface area contributed by atoms with E-state index in [0.717, 1.165) is 6.92 Å². The molecule has 0 aromatic rings. The number of alkyl halides is 3. The summed E-state index contributed by atoms with van der Waals surface area (Å²) in [6, 6.07) is 0. The lowest BCUT2D eigenvalue weighted by molar-refractivity contribution is 0.0672. The van der Waals surface area contributed by atoms with Gasteiger partial charge in [-0.1, -0.05) is 30.4 Å². The van der Waals surface area contributed by atoms with Gasteiger partial charge in [-0.2, -0.15) is 0 Å². The molecule has 0 amide bonds. The van der Waals surface area contributed by atoms with Crippen LogP contribution in [0, 0.1) is 0 Å². The topological polar surface area (TPSA) is 12.4 Å². The summed E-state index contributed by atoms with van der Waals surface area (Å²) in [6.07, 6.45) is 6.18. The van der Waals surface area contributed by atoms with Crippen molar-refractivity contribution < 1.29 is 13.2 Å². The van der Waals surface area contributed by atoms with Crippen molar-refractivity contribution in [3.63, 3.8) is 0 Å². The first-order valence-electron chi connectivity index (χ1n) is 6.89. The van der Waals surface area contributed by atoms with Gasteiger partial charge in [0.15, 0.2) is 0 Å². The highest BCUT2D eigenvalue weighted by Crippen LogP contribution is 2.25. The average molecular weight is 299 g/mol. The van der Waals surface area contributed by atoms with Gasteiger partial charge in [0.1, 0.15) is 6.67 Å². The lowest BCUT2D eigenvalue weighted by atomic mass is 10.0. The van der Waals surface area contributed by atoms with E-state index in [2.05, 4.69) is 11.6 Å². The number of halogens is 3. The largest absolute Gasteiger partial charge is 0.290 e. The molecular weight excluding hydrogens is 275 g/mol. The first-order chi connectivity index (χ1) is 9.70. The Balaban J connectivity index is 5.29. The van der Waals surface area contributed by atoms with Gasteiger partial charge in [0.25, 0.3) is 5.92 Å². The van der Waals surface area contributed by atoms with Crippen molar-refractivity contribution in [2.45, 2.75) is 40.0 Å². The molecule has 0 bridgehead atoms. The van der Waals surface area contributed by atoms with Gasteiger partial charge in [-0.25, -0.2) is 13.2 Å². The number of nitrogens with zero attached hydrogens (tertiary/aromatic N) is 1. The maximum atomic E-state index is 13.5. The van der Waals surface area contributed by atoms with E-state index in [4.69, 9.17) is 0 Å². The van der Waals surface area contributed by atoms with Crippen LogP contribution in [0.3, 0.4) is 0 Å². The Labute approximate surface area is 125 Å². The van der Waals surface area contributed by atoms with Crippen LogP contribution < -0.4 is 0 Å². The monoisotopic (exact) mass is 299 g/mol. The van der Waals surface area contributed by atoms with Crippen LogP contribution >= 0.6 is 0 Å². The molecule has 0 fully saturated rings. The summed E-state index contributed by atoms with van der Waals surface area (Å²) in [5, 5.41) is 0. The van der Waals surface area contributed by atoms with Crippen molar-refractivity contribution in [2.75, 3.05) is 13.2 Å². The highest BCUT2D eigenvalue weighted by Gasteiger charge is 2.25. The van der Waals surface area contributed by atoms with E-state index in [9.17, 15) is 13.2 Å². The van der Waals surface area contributed by atoms with Gasteiger partial charge in [-0.05, 0) is 32.4 Å². The van der Waals surface area contributed by atoms with E-state index >= 15 is 0 Å². The molecule has 4 heteroatoms. The van der Waals surface area contributed by atoms with Gasteiger partial charge in [0.05, 0.1) is 0 Å². The van der Waals surface area contributed by atoms with Crippen molar-refractivity contribution in [1.29, 1.82) is 0 Å². The molecule has 0 saturated carbocycles. The minimum Gasteiger partial charge on any atom is -0.290 e. The lowest BCUT2D eigenvalue weighted by Crippen LogP contribution is -2.12. The summed E-state index contributed by atoms with van der Waals surface area (Å²) < 4.78 is 39.6. The zero-order valence-corrected chi connectivity index (χ0v) is 13.2. The first-order valence-corrected chi connectivity index (χ1v) is 6.89. The van der Waals surface area contributed by atoms with Crippen LogP contribution in [0.15, 0.2) is 52.6 Å². The number of hydrogen-bond donors (Lipinski definition) is 0. The van der Waals surface area contributed by atoms with E-state index in [1.807, 2.05) is 6.92 Å². The molecule has 118 valence electrons. The normalized spacial score (nSPS) is 14.9. The van der Waals surface area contributed by atoms with Crippen LogP contribution in [0.25, 0.3) is 0 Å². The third kappa shape index (κ3) is 9.05. The lowest BCUT2D eigenvalue weighted by Gasteiger charge is -2.12. The molecule has 0 unspecified atom stereocenters. The van der Waals surface area contributed by atoms with E-state index in [1.165, 1.54) is 12.2 Å². The Morgan fingerprint density at radius 2 is 1.86 bits per heavy atom. The highest BCUT2D eigenvalue weighted by atomic mass is 19.3. The van der Waals surface area contributed by atoms with Crippen LogP contribution in [0.4, 0.5) is 13.2 Å². The van der Waals surface area contributed by atoms with Crippen LogP contribution in [0.1, 0.15) is 34.1 Å². The molecule has 0 aliphatic heterocycles. The van der Waals surface area contributed by atoms with Gasteiger partial charge in [0.2, 0.25) is 0 Å². The maximum absolute atomic E-state index is 13.5. The zero-order valence-electron chi connectivity index (χ0n) is 13.2. The van der Waals surface area contributed by atoms with E-state index in [0.29, 0.717) is 23.4 Å². The van der Waals surface area contributed by atoms with Gasteiger partial charge in [0, 0.05) is 31.2 Å². The molecule has 21 heavy (non-hydrogen) atoms. The van der Waals surface area contributed by atoms with Gasteiger partial charge < -0.3 is 0 Å². The number of allylic oxidation sites excluding steroid dienone is 7. The second-order valence-electron chi connectivity index (χ2n) is 5.02. The fraction of sp³-hybridized carbons (Fsp3) is 0.471. The van der Waals surface area contributed by atoms with Crippen LogP contribution in [0.2, 0.25) is 0 Å². The fourth-order valence-corrected chi connectivity index (χ4v) is 1.54. The molecule has 0 aliphatic rings. The molecule has 0 aliphatic carbocycles. The minimum atomic E-state index is -2.94. The molecule has 0 radical (unpaired) electrons. The van der Waals surface area contributed by atoms with E-state index in [-0.39, 0.29) is 12.0 Å². The first kappa shape index (κ1) is 19.4. The SMILES string of the molecule is C=C(C)/C=C\C(=C/CC(/C=C(\C)CF)=NCC)C(C)(F)F. The van der Waals surface area contributed by atoms with Crippen molar-refractivity contribution in [2.24, 2.45) is 4.99 Å². The molecular formula is C17H24F3N. The Morgan fingerprint density at radius 3 is 2.29 bits per heavy atom. The molecule has 0 heterocycles. The molecule has 0 aromatic carbocycles. The maximum Gasteiger partial charge on any atom is 0.270 e. The molecule has 0 spiro atoms. The van der Waals surface area contributed by atoms with Crippen LogP contribution in [-0.2, 0) is 0 Å². The Kier molecular flexibility index (Phi) is 8.67. The average Bonchev–Trinajstić information content (AvgIpc) is 2.36. The second-order valence-corrected chi connectivity index (χ2v) is 5.02. The third-order valence-electron chi connectivity index (χ3n) is 2.57. The van der Waals surface area contributed by atoms with Crippen molar-refractivity contribution in [3.8, 4) is 0 Å². The Morgan fingerprint density at radius 1 is 1.24 bits per heavy atom.